The van der Waals surface area contributed by atoms with Crippen LogP contribution in [0.2, 0.25) is 0 Å². The van der Waals surface area contributed by atoms with Gasteiger partial charge in [-0.25, -0.2) is 0 Å². The van der Waals surface area contributed by atoms with Crippen LogP contribution >= 0.6 is 15.9 Å². The standard InChI is InChI=1S/C20H23BrN2O2/c1-16-3-2-4-17(13-16)14-22-9-11-23(12-10-22)20(24)15-25-19-7-5-18(21)6-8-19/h2-8,13H,9-12,14-15H2,1H3/p+1. The van der Waals surface area contributed by atoms with Crippen molar-refractivity contribution in [2.75, 3.05) is 32.8 Å². The van der Waals surface area contributed by atoms with Gasteiger partial charge in [0.2, 0.25) is 0 Å². The van der Waals surface area contributed by atoms with Crippen LogP contribution in [0.4, 0.5) is 0 Å². The number of carbonyl (C=O) groups excluding carboxylic acids is 1. The lowest BCUT2D eigenvalue weighted by atomic mass is 10.1. The van der Waals surface area contributed by atoms with E-state index in [4.69, 9.17) is 4.74 Å². The van der Waals surface area contributed by atoms with Gasteiger partial charge in [0.15, 0.2) is 6.61 Å². The molecule has 0 atom stereocenters. The number of halogens is 1. The number of nitrogens with zero attached hydrogens (tertiary/aromatic N) is 1. The van der Waals surface area contributed by atoms with Crippen LogP contribution in [0.3, 0.4) is 0 Å². The summed E-state index contributed by atoms with van der Waals surface area (Å²) in [6.45, 7) is 6.82. The molecule has 0 radical (unpaired) electrons. The van der Waals surface area contributed by atoms with Crippen LogP contribution in [0.25, 0.3) is 0 Å². The zero-order valence-corrected chi connectivity index (χ0v) is 16.1. The van der Waals surface area contributed by atoms with E-state index in [1.807, 2.05) is 29.2 Å². The third-order valence-electron chi connectivity index (χ3n) is 4.54. The van der Waals surface area contributed by atoms with E-state index in [0.29, 0.717) is 0 Å². The van der Waals surface area contributed by atoms with Gasteiger partial charge in [-0.1, -0.05) is 45.8 Å². The van der Waals surface area contributed by atoms with Crippen LogP contribution in [0, 0.1) is 6.92 Å². The molecule has 0 saturated carbocycles. The fourth-order valence-corrected chi connectivity index (χ4v) is 3.39. The van der Waals surface area contributed by atoms with Gasteiger partial charge in [-0.05, 0) is 31.2 Å². The highest BCUT2D eigenvalue weighted by molar-refractivity contribution is 9.10. The maximum atomic E-state index is 12.3. The summed E-state index contributed by atoms with van der Waals surface area (Å²) in [6, 6.07) is 16.2. The van der Waals surface area contributed by atoms with Crippen LogP contribution < -0.4 is 9.64 Å². The molecule has 1 aliphatic rings. The van der Waals surface area contributed by atoms with Crippen molar-refractivity contribution >= 4 is 21.8 Å². The van der Waals surface area contributed by atoms with E-state index >= 15 is 0 Å². The Morgan fingerprint density at radius 1 is 1.16 bits per heavy atom. The molecule has 2 aromatic rings. The lowest BCUT2D eigenvalue weighted by Crippen LogP contribution is -3.13. The maximum absolute atomic E-state index is 12.3. The van der Waals surface area contributed by atoms with Crippen LogP contribution in [-0.2, 0) is 11.3 Å². The number of hydrogen-bond acceptors (Lipinski definition) is 2. The third-order valence-corrected chi connectivity index (χ3v) is 5.06. The van der Waals surface area contributed by atoms with E-state index in [1.54, 1.807) is 0 Å². The number of nitrogens with one attached hydrogen (secondary N) is 1. The highest BCUT2D eigenvalue weighted by Crippen LogP contribution is 2.16. The highest BCUT2D eigenvalue weighted by Gasteiger charge is 2.24. The average Bonchev–Trinajstić information content (AvgIpc) is 2.62. The monoisotopic (exact) mass is 403 g/mol. The Hall–Kier alpha value is -1.85. The molecular weight excluding hydrogens is 380 g/mol. The van der Waals surface area contributed by atoms with Crippen molar-refractivity contribution in [1.82, 2.24) is 4.90 Å². The first-order valence-corrected chi connectivity index (χ1v) is 9.45. The Morgan fingerprint density at radius 2 is 1.88 bits per heavy atom. The van der Waals surface area contributed by atoms with E-state index < -0.39 is 0 Å². The summed E-state index contributed by atoms with van der Waals surface area (Å²) in [5.41, 5.74) is 2.67. The van der Waals surface area contributed by atoms with E-state index in [2.05, 4.69) is 47.1 Å². The molecule has 1 fully saturated rings. The van der Waals surface area contributed by atoms with Crippen LogP contribution in [0.1, 0.15) is 11.1 Å². The molecule has 1 N–H and O–H groups in total. The summed E-state index contributed by atoms with van der Waals surface area (Å²) in [5.74, 6) is 0.790. The molecule has 132 valence electrons. The lowest BCUT2D eigenvalue weighted by Gasteiger charge is -2.32. The Kier molecular flexibility index (Phi) is 6.10. The zero-order chi connectivity index (χ0) is 17.6. The van der Waals surface area contributed by atoms with Gasteiger partial charge in [0.05, 0.1) is 26.2 Å². The second-order valence-corrected chi connectivity index (χ2v) is 7.45. The minimum Gasteiger partial charge on any atom is -0.484 e. The number of aryl methyl sites for hydroxylation is 1. The second-order valence-electron chi connectivity index (χ2n) is 6.54. The van der Waals surface area contributed by atoms with Crippen molar-refractivity contribution in [2.24, 2.45) is 0 Å². The van der Waals surface area contributed by atoms with Gasteiger partial charge in [0, 0.05) is 10.0 Å². The smallest absolute Gasteiger partial charge is 0.260 e. The number of quaternary nitrogens is 1. The first-order valence-electron chi connectivity index (χ1n) is 8.65. The summed E-state index contributed by atoms with van der Waals surface area (Å²) in [6.07, 6.45) is 0. The zero-order valence-electron chi connectivity index (χ0n) is 14.5. The number of hydrogen-bond donors (Lipinski definition) is 1. The first kappa shape index (κ1) is 18.0. The van der Waals surface area contributed by atoms with Crippen molar-refractivity contribution in [2.45, 2.75) is 13.5 Å². The Balaban J connectivity index is 1.43. The van der Waals surface area contributed by atoms with E-state index in [0.717, 1.165) is 42.9 Å². The number of piperazine rings is 1. The Morgan fingerprint density at radius 3 is 2.56 bits per heavy atom. The number of rotatable bonds is 5. The van der Waals surface area contributed by atoms with Crippen LogP contribution in [-0.4, -0.2) is 43.6 Å². The molecule has 1 amide bonds. The molecular formula is C20H24BrN2O2+. The minimum atomic E-state index is 0.0672. The largest absolute Gasteiger partial charge is 0.484 e. The second kappa shape index (κ2) is 8.50. The fraction of sp³-hybridized carbons (Fsp3) is 0.350. The molecule has 3 rings (SSSR count). The summed E-state index contributed by atoms with van der Waals surface area (Å²) in [7, 11) is 0. The van der Waals surface area contributed by atoms with Crippen molar-refractivity contribution in [3.8, 4) is 5.75 Å². The van der Waals surface area contributed by atoms with Crippen molar-refractivity contribution in [3.05, 3.63) is 64.1 Å². The Labute approximate surface area is 157 Å². The lowest BCUT2D eigenvalue weighted by molar-refractivity contribution is -0.917. The van der Waals surface area contributed by atoms with Crippen LogP contribution in [0.15, 0.2) is 53.0 Å². The molecule has 1 heterocycles. The number of benzene rings is 2. The predicted molar refractivity (Wildman–Crippen MR) is 102 cm³/mol. The predicted octanol–water partition coefficient (Wildman–Crippen LogP) is 2.06. The highest BCUT2D eigenvalue weighted by atomic mass is 79.9. The minimum absolute atomic E-state index is 0.0672. The summed E-state index contributed by atoms with van der Waals surface area (Å²) < 4.78 is 6.59. The summed E-state index contributed by atoms with van der Waals surface area (Å²) in [4.78, 5) is 15.8. The molecule has 0 aromatic heterocycles. The molecule has 5 heteroatoms. The molecule has 2 aromatic carbocycles. The molecule has 0 bridgehead atoms. The normalized spacial score (nSPS) is 15.2. The molecule has 0 unspecified atom stereocenters. The van der Waals surface area contributed by atoms with Crippen molar-refractivity contribution in [3.63, 3.8) is 0 Å². The maximum Gasteiger partial charge on any atom is 0.260 e. The van der Waals surface area contributed by atoms with Gasteiger partial charge in [-0.15, -0.1) is 0 Å². The van der Waals surface area contributed by atoms with Gasteiger partial charge in [0.25, 0.3) is 5.91 Å². The number of carbonyl (C=O) groups is 1. The Bertz CT molecular complexity index is 710. The van der Waals surface area contributed by atoms with E-state index in [9.17, 15) is 4.79 Å². The van der Waals surface area contributed by atoms with Gasteiger partial charge in [-0.2, -0.15) is 0 Å². The van der Waals surface area contributed by atoms with Crippen molar-refractivity contribution in [1.29, 1.82) is 0 Å². The first-order chi connectivity index (χ1) is 12.1. The molecule has 4 nitrogen and oxygen atoms in total. The third kappa shape index (κ3) is 5.31. The van der Waals surface area contributed by atoms with E-state index in [-0.39, 0.29) is 12.5 Å². The SMILES string of the molecule is Cc1cccc(C[NH+]2CCN(C(=O)COc3ccc(Br)cc3)CC2)c1. The molecule has 0 spiro atoms. The van der Waals surface area contributed by atoms with Crippen molar-refractivity contribution < 1.29 is 14.4 Å². The molecule has 0 aliphatic carbocycles. The van der Waals surface area contributed by atoms with Gasteiger partial charge in [-0.3, -0.25) is 4.79 Å². The average molecular weight is 404 g/mol. The fourth-order valence-electron chi connectivity index (χ4n) is 3.13. The van der Waals surface area contributed by atoms with Gasteiger partial charge < -0.3 is 14.5 Å². The number of ether oxygens (including phenoxy) is 1. The molecule has 1 saturated heterocycles. The molecule has 1 aliphatic heterocycles. The van der Waals surface area contributed by atoms with E-state index in [1.165, 1.54) is 16.0 Å². The van der Waals surface area contributed by atoms with Crippen LogP contribution in [0.5, 0.6) is 5.75 Å². The van der Waals surface area contributed by atoms with Gasteiger partial charge >= 0.3 is 0 Å². The quantitative estimate of drug-likeness (QED) is 0.828. The topological polar surface area (TPSA) is 34.0 Å². The van der Waals surface area contributed by atoms with Gasteiger partial charge in [0.1, 0.15) is 12.3 Å². The number of amides is 1. The molecule has 25 heavy (non-hydrogen) atoms. The summed E-state index contributed by atoms with van der Waals surface area (Å²) >= 11 is 3.39. The summed E-state index contributed by atoms with van der Waals surface area (Å²) in [5, 5.41) is 0.